The third-order valence-electron chi connectivity index (χ3n) is 8.00. The average molecular weight is 618 g/mol. The van der Waals surface area contributed by atoms with E-state index in [0.29, 0.717) is 46.9 Å². The van der Waals surface area contributed by atoms with Crippen LogP contribution in [0.15, 0.2) is 46.9 Å². The first kappa shape index (κ1) is 31.3. The molecule has 1 fully saturated rings. The van der Waals surface area contributed by atoms with E-state index in [0.717, 1.165) is 36.3 Å². The van der Waals surface area contributed by atoms with Crippen LogP contribution in [-0.4, -0.2) is 59.9 Å². The predicted octanol–water partition coefficient (Wildman–Crippen LogP) is 5.75. The number of piperazine rings is 1. The number of hydrazine groups is 1. The zero-order valence-corrected chi connectivity index (χ0v) is 26.9. The predicted molar refractivity (Wildman–Crippen MR) is 175 cm³/mol. The molecule has 1 saturated heterocycles. The van der Waals surface area contributed by atoms with Crippen molar-refractivity contribution in [2.45, 2.75) is 47.0 Å². The highest BCUT2D eigenvalue weighted by Gasteiger charge is 2.28. The molecule has 0 saturated carbocycles. The number of carbonyl (C=O) groups is 2. The van der Waals surface area contributed by atoms with Crippen molar-refractivity contribution in [1.82, 2.24) is 25.7 Å². The number of halogens is 1. The summed E-state index contributed by atoms with van der Waals surface area (Å²) in [7, 11) is 2.08. The Hall–Kier alpha value is -4.15. The lowest BCUT2D eigenvalue weighted by atomic mass is 9.96. The van der Waals surface area contributed by atoms with Crippen LogP contribution in [0.2, 0.25) is 5.02 Å². The number of likely N-dealkylation sites (N-methyl/N-ethyl adjacent to an activating group) is 1. The summed E-state index contributed by atoms with van der Waals surface area (Å²) in [6.07, 6.45) is 0.979. The molecule has 0 spiro atoms. The molecule has 3 N–H and O–H groups in total. The monoisotopic (exact) mass is 617 g/mol. The van der Waals surface area contributed by atoms with Gasteiger partial charge in [0.2, 0.25) is 17.6 Å². The molecule has 11 heteroatoms. The lowest BCUT2D eigenvalue weighted by Gasteiger charge is -2.33. The van der Waals surface area contributed by atoms with E-state index in [-0.39, 0.29) is 17.2 Å². The quantitative estimate of drug-likeness (QED) is 0.214. The first-order chi connectivity index (χ1) is 21.0. The van der Waals surface area contributed by atoms with Crippen LogP contribution >= 0.6 is 11.6 Å². The van der Waals surface area contributed by atoms with E-state index in [2.05, 4.69) is 64.0 Å². The molecule has 1 unspecified atom stereocenters. The fourth-order valence-electron chi connectivity index (χ4n) is 5.37. The Morgan fingerprint density at radius 2 is 1.68 bits per heavy atom. The van der Waals surface area contributed by atoms with Gasteiger partial charge in [-0.15, -0.1) is 0 Å². The Balaban J connectivity index is 1.40. The molecule has 0 radical (unpaired) electrons. The van der Waals surface area contributed by atoms with Gasteiger partial charge in [-0.25, -0.2) is 0 Å². The van der Waals surface area contributed by atoms with Gasteiger partial charge in [-0.2, -0.15) is 9.97 Å². The van der Waals surface area contributed by atoms with Crippen LogP contribution in [-0.2, 0) is 11.2 Å². The highest BCUT2D eigenvalue weighted by molar-refractivity contribution is 6.30. The molecule has 2 aromatic carbocycles. The summed E-state index contributed by atoms with van der Waals surface area (Å²) in [6, 6.07) is 13.6. The van der Waals surface area contributed by atoms with Crippen LogP contribution in [0.1, 0.15) is 59.5 Å². The van der Waals surface area contributed by atoms with Gasteiger partial charge in [0.05, 0.1) is 16.9 Å². The zero-order chi connectivity index (χ0) is 31.5. The second-order valence-electron chi connectivity index (χ2n) is 12.0. The molecule has 232 valence electrons. The van der Waals surface area contributed by atoms with Crippen molar-refractivity contribution in [2.75, 3.05) is 43.4 Å². The molecule has 44 heavy (non-hydrogen) atoms. The summed E-state index contributed by atoms with van der Waals surface area (Å²) in [6.45, 7) is 13.0. The second kappa shape index (κ2) is 13.2. The number of hydrogen-bond acceptors (Lipinski definition) is 8. The molecule has 1 aliphatic rings. The van der Waals surface area contributed by atoms with Gasteiger partial charge in [0.1, 0.15) is 11.6 Å². The standard InChI is InChI=1S/C33H40ClN7O3/c1-19(2)17-23-8-10-24(11-9-23)21(4)30(42)38-39-31(43)27-22(5)44-32-28(27)29(41-15-13-40(6)14-16-41)36-33(37-32)35-26-18-25(34)12-7-20(26)3/h7-12,18-19,21H,13-17H2,1-6H3,(H,38,42)(H,39,43)(H,35,36,37). The number of nitrogens with one attached hydrogen (secondary N) is 3. The maximum Gasteiger partial charge on any atom is 0.274 e. The fraction of sp³-hybridized carbons (Fsp3) is 0.394. The largest absolute Gasteiger partial charge is 0.442 e. The van der Waals surface area contributed by atoms with Gasteiger partial charge in [-0.3, -0.25) is 20.4 Å². The smallest absolute Gasteiger partial charge is 0.274 e. The van der Waals surface area contributed by atoms with Crippen LogP contribution < -0.4 is 21.1 Å². The van der Waals surface area contributed by atoms with Crippen LogP contribution in [0, 0.1) is 19.8 Å². The molecule has 10 nitrogen and oxygen atoms in total. The Labute approximate surface area is 263 Å². The number of nitrogens with zero attached hydrogens (tertiary/aromatic N) is 4. The Bertz CT molecular complexity index is 1660. The number of amides is 2. The van der Waals surface area contributed by atoms with E-state index >= 15 is 0 Å². The average Bonchev–Trinajstić information content (AvgIpc) is 3.33. The second-order valence-corrected chi connectivity index (χ2v) is 12.4. The normalized spacial score (nSPS) is 14.6. The van der Waals surface area contributed by atoms with Gasteiger partial charge in [-0.05, 0) is 69.0 Å². The number of fused-ring (bicyclic) bond motifs is 1. The molecular weight excluding hydrogens is 578 g/mol. The highest BCUT2D eigenvalue weighted by atomic mass is 35.5. The number of hydrogen-bond donors (Lipinski definition) is 3. The minimum Gasteiger partial charge on any atom is -0.442 e. The SMILES string of the molecule is Cc1ccc(Cl)cc1Nc1nc(N2CCN(C)CC2)c2c(C(=O)NNC(=O)C(C)c3ccc(CC(C)C)cc3)c(C)oc2n1. The summed E-state index contributed by atoms with van der Waals surface area (Å²) in [5.41, 5.74) is 9.61. The molecule has 4 aromatic rings. The van der Waals surface area contributed by atoms with E-state index in [9.17, 15) is 9.59 Å². The molecule has 2 amide bonds. The highest BCUT2D eigenvalue weighted by Crippen LogP contribution is 2.34. The maximum atomic E-state index is 13.6. The Morgan fingerprint density at radius 1 is 0.977 bits per heavy atom. The van der Waals surface area contributed by atoms with E-state index in [1.54, 1.807) is 6.92 Å². The third-order valence-corrected chi connectivity index (χ3v) is 8.24. The van der Waals surface area contributed by atoms with Crippen LogP contribution in [0.25, 0.3) is 11.1 Å². The van der Waals surface area contributed by atoms with Gasteiger partial charge in [0.15, 0.2) is 0 Å². The Morgan fingerprint density at radius 3 is 2.36 bits per heavy atom. The minimum absolute atomic E-state index is 0.278. The molecule has 5 rings (SSSR count). The third kappa shape index (κ3) is 6.97. The molecule has 0 aliphatic carbocycles. The zero-order valence-electron chi connectivity index (χ0n) is 26.1. The molecule has 3 heterocycles. The first-order valence-electron chi connectivity index (χ1n) is 15.0. The van der Waals surface area contributed by atoms with Gasteiger partial charge in [0.25, 0.3) is 5.91 Å². The number of rotatable bonds is 8. The number of carbonyl (C=O) groups excluding carboxylic acids is 2. The summed E-state index contributed by atoms with van der Waals surface area (Å²) >= 11 is 6.25. The molecule has 0 bridgehead atoms. The van der Waals surface area contributed by atoms with E-state index in [4.69, 9.17) is 21.0 Å². The van der Waals surface area contributed by atoms with Crippen LogP contribution in [0.5, 0.6) is 0 Å². The first-order valence-corrected chi connectivity index (χ1v) is 15.3. The lowest BCUT2D eigenvalue weighted by molar-refractivity contribution is -0.123. The number of anilines is 3. The topological polar surface area (TPSA) is 116 Å². The number of furan rings is 1. The van der Waals surface area contributed by atoms with Gasteiger partial charge < -0.3 is 19.5 Å². The summed E-state index contributed by atoms with van der Waals surface area (Å²) in [4.78, 5) is 40.5. The summed E-state index contributed by atoms with van der Waals surface area (Å²) < 4.78 is 6.04. The Kier molecular flexibility index (Phi) is 9.41. The molecule has 2 aromatic heterocycles. The van der Waals surface area contributed by atoms with Gasteiger partial charge in [0, 0.05) is 36.9 Å². The number of benzene rings is 2. The van der Waals surface area contributed by atoms with Crippen LogP contribution in [0.4, 0.5) is 17.5 Å². The molecular formula is C33H40ClN7O3. The van der Waals surface area contributed by atoms with Gasteiger partial charge >= 0.3 is 0 Å². The lowest BCUT2D eigenvalue weighted by Crippen LogP contribution is -2.45. The number of aryl methyl sites for hydroxylation is 2. The van der Waals surface area contributed by atoms with E-state index in [1.807, 2.05) is 44.2 Å². The molecule has 1 atom stereocenters. The van der Waals surface area contributed by atoms with Crippen molar-refractivity contribution in [3.63, 3.8) is 0 Å². The molecule has 1 aliphatic heterocycles. The van der Waals surface area contributed by atoms with Crippen molar-refractivity contribution in [2.24, 2.45) is 5.92 Å². The maximum absolute atomic E-state index is 13.6. The summed E-state index contributed by atoms with van der Waals surface area (Å²) in [5.74, 6) is 0.572. The van der Waals surface area contributed by atoms with Crippen molar-refractivity contribution < 1.29 is 14.0 Å². The van der Waals surface area contributed by atoms with Gasteiger partial charge in [-0.1, -0.05) is 55.8 Å². The minimum atomic E-state index is -0.501. The van der Waals surface area contributed by atoms with Crippen molar-refractivity contribution in [3.8, 4) is 0 Å². The van der Waals surface area contributed by atoms with Crippen LogP contribution in [0.3, 0.4) is 0 Å². The van der Waals surface area contributed by atoms with Crippen molar-refractivity contribution in [3.05, 3.63) is 75.5 Å². The van der Waals surface area contributed by atoms with Crippen molar-refractivity contribution >= 4 is 52.0 Å². The summed E-state index contributed by atoms with van der Waals surface area (Å²) in [5, 5.41) is 4.36. The van der Waals surface area contributed by atoms with E-state index < -0.39 is 11.8 Å². The van der Waals surface area contributed by atoms with E-state index in [1.165, 1.54) is 5.56 Å². The van der Waals surface area contributed by atoms with Crippen molar-refractivity contribution in [1.29, 1.82) is 0 Å². The fourth-order valence-corrected chi connectivity index (χ4v) is 5.55. The number of aromatic nitrogens is 2.